The van der Waals surface area contributed by atoms with Gasteiger partial charge in [-0.15, -0.1) is 0 Å². The van der Waals surface area contributed by atoms with Crippen LogP contribution in [0.5, 0.6) is 0 Å². The molecule has 0 rings (SSSR count). The fourth-order valence-corrected chi connectivity index (χ4v) is 0. The quantitative estimate of drug-likeness (QED) is 0.370. The van der Waals surface area contributed by atoms with Gasteiger partial charge in [0, 0.05) is 51.4 Å². The molecule has 45 valence electrons. The molecule has 0 spiro atoms. The van der Waals surface area contributed by atoms with E-state index in [-0.39, 0.29) is 51.4 Å². The first-order valence-electron chi connectivity index (χ1n) is 1.29. The van der Waals surface area contributed by atoms with Crippen LogP contribution in [0, 0.1) is 0 Å². The second-order valence-corrected chi connectivity index (χ2v) is 0.842. The average molecular weight is 159 g/mol. The van der Waals surface area contributed by atoms with Crippen molar-refractivity contribution >= 4 is 51.4 Å². The van der Waals surface area contributed by atoms with Crippen LogP contribution in [0.25, 0.3) is 0 Å². The zero-order valence-electron chi connectivity index (χ0n) is 3.97. The first-order chi connectivity index (χ1) is 2.94. The Hall–Kier alpha value is 1.29. The molecular weight excluding hydrogens is 158 g/mol. The van der Waals surface area contributed by atoms with E-state index >= 15 is 0 Å². The molecule has 0 aliphatic rings. The Labute approximate surface area is 84.9 Å². The molecule has 0 aromatic rings. The third kappa shape index (κ3) is 5.42. The largest absolute Gasteiger partial charge is 0.450 e. The molecule has 8 heavy (non-hydrogen) atoms. The summed E-state index contributed by atoms with van der Waals surface area (Å²) in [5, 5.41) is 0. The van der Waals surface area contributed by atoms with Crippen LogP contribution < -0.4 is 0 Å². The third-order valence-electron chi connectivity index (χ3n) is 0.247. The maximum Gasteiger partial charge on any atom is 0.450 e. The van der Waals surface area contributed by atoms with Crippen molar-refractivity contribution in [3.63, 3.8) is 0 Å². The van der Waals surface area contributed by atoms with Gasteiger partial charge in [0.1, 0.15) is 0 Å². The number of hydrogen-bond donors (Lipinski definition) is 0. The van der Waals surface area contributed by atoms with Crippen LogP contribution in [0.1, 0.15) is 0 Å². The molecule has 0 N–H and O–H groups in total. The Bertz CT molecular complexity index is 55.9. The van der Waals surface area contributed by atoms with Gasteiger partial charge in [-0.2, -0.15) is 13.2 Å². The molecular formula is C2HF5K. The predicted molar refractivity (Wildman–Crippen MR) is 17.8 cm³/mol. The Morgan fingerprint density at radius 2 is 1.12 bits per heavy atom. The fraction of sp³-hybridized carbons (Fsp3) is 1.00. The first kappa shape index (κ1) is 12.0. The Morgan fingerprint density at radius 3 is 1.12 bits per heavy atom. The van der Waals surface area contributed by atoms with E-state index in [0.717, 1.165) is 0 Å². The summed E-state index contributed by atoms with van der Waals surface area (Å²) >= 11 is 0. The van der Waals surface area contributed by atoms with Crippen LogP contribution in [-0.2, 0) is 0 Å². The molecule has 6 heteroatoms. The van der Waals surface area contributed by atoms with E-state index in [9.17, 15) is 22.0 Å². The zero-order valence-corrected chi connectivity index (χ0v) is 7.09. The van der Waals surface area contributed by atoms with Crippen LogP contribution in [-0.4, -0.2) is 64.0 Å². The summed E-state index contributed by atoms with van der Waals surface area (Å²) in [6.45, 7) is 0. The van der Waals surface area contributed by atoms with Crippen LogP contribution in [0.3, 0.4) is 0 Å². The molecule has 0 fully saturated rings. The molecule has 1 radical (unpaired) electrons. The maximum absolute atomic E-state index is 10.4. The number of alkyl halides is 5. The molecule has 0 aromatic heterocycles. The first-order valence-corrected chi connectivity index (χ1v) is 1.29. The van der Waals surface area contributed by atoms with Gasteiger partial charge in [-0.3, -0.25) is 0 Å². The monoisotopic (exact) mass is 159 g/mol. The Balaban J connectivity index is 0. The minimum atomic E-state index is -5.33. The molecule has 0 aromatic carbocycles. The molecule has 0 heterocycles. The van der Waals surface area contributed by atoms with Crippen molar-refractivity contribution in [1.82, 2.24) is 0 Å². The smallest absolute Gasteiger partial charge is 0.200 e. The summed E-state index contributed by atoms with van der Waals surface area (Å²) in [7, 11) is 0. The number of halogens is 5. The van der Waals surface area contributed by atoms with E-state index in [1.807, 2.05) is 0 Å². The molecule has 0 nitrogen and oxygen atoms in total. The SMILES string of the molecule is FC(F)C(F)(F)F.[K]. The van der Waals surface area contributed by atoms with Crippen molar-refractivity contribution in [1.29, 1.82) is 0 Å². The summed E-state index contributed by atoms with van der Waals surface area (Å²) < 4.78 is 52.1. The summed E-state index contributed by atoms with van der Waals surface area (Å²) in [6.07, 6.45) is -9.53. The summed E-state index contributed by atoms with van der Waals surface area (Å²) in [5.41, 5.74) is 0. The van der Waals surface area contributed by atoms with Crippen LogP contribution >= 0.6 is 0 Å². The van der Waals surface area contributed by atoms with E-state index in [2.05, 4.69) is 0 Å². The second kappa shape index (κ2) is 4.16. The van der Waals surface area contributed by atoms with Gasteiger partial charge in [0.15, 0.2) is 0 Å². The van der Waals surface area contributed by atoms with Crippen molar-refractivity contribution in [2.45, 2.75) is 12.6 Å². The fourth-order valence-electron chi connectivity index (χ4n) is 0. The Kier molecular flexibility index (Phi) is 6.24. The van der Waals surface area contributed by atoms with Crippen LogP contribution in [0.4, 0.5) is 22.0 Å². The van der Waals surface area contributed by atoms with Crippen molar-refractivity contribution in [2.75, 3.05) is 0 Å². The van der Waals surface area contributed by atoms with Gasteiger partial charge in [-0.1, -0.05) is 0 Å². The van der Waals surface area contributed by atoms with Crippen molar-refractivity contribution in [2.24, 2.45) is 0 Å². The predicted octanol–water partition coefficient (Wildman–Crippen LogP) is 1.43. The molecule has 0 atom stereocenters. The minimum absolute atomic E-state index is 0. The van der Waals surface area contributed by atoms with E-state index in [1.165, 1.54) is 0 Å². The van der Waals surface area contributed by atoms with Gasteiger partial charge in [0.05, 0.1) is 0 Å². The standard InChI is InChI=1S/C2HF5.K/c3-1(4)2(5,6)7;/h1H;. The van der Waals surface area contributed by atoms with E-state index < -0.39 is 12.6 Å². The maximum atomic E-state index is 10.4. The van der Waals surface area contributed by atoms with Gasteiger partial charge < -0.3 is 0 Å². The van der Waals surface area contributed by atoms with Crippen molar-refractivity contribution in [3.05, 3.63) is 0 Å². The van der Waals surface area contributed by atoms with E-state index in [1.54, 1.807) is 0 Å². The van der Waals surface area contributed by atoms with Gasteiger partial charge >= 0.3 is 12.6 Å². The topological polar surface area (TPSA) is 0 Å². The molecule has 0 bridgehead atoms. The molecule has 0 aliphatic carbocycles. The minimum Gasteiger partial charge on any atom is -0.200 e. The van der Waals surface area contributed by atoms with Crippen molar-refractivity contribution < 1.29 is 22.0 Å². The molecule has 0 amide bonds. The summed E-state index contributed by atoms with van der Waals surface area (Å²) in [5.74, 6) is 0. The Morgan fingerprint density at radius 1 is 1.00 bits per heavy atom. The van der Waals surface area contributed by atoms with Crippen molar-refractivity contribution in [3.8, 4) is 0 Å². The summed E-state index contributed by atoms with van der Waals surface area (Å²) in [4.78, 5) is 0. The molecule has 0 unspecified atom stereocenters. The normalized spacial score (nSPS) is 11.2. The van der Waals surface area contributed by atoms with Crippen LogP contribution in [0.2, 0.25) is 0 Å². The van der Waals surface area contributed by atoms with E-state index in [4.69, 9.17) is 0 Å². The van der Waals surface area contributed by atoms with Crippen LogP contribution in [0.15, 0.2) is 0 Å². The van der Waals surface area contributed by atoms with Gasteiger partial charge in [0.2, 0.25) is 0 Å². The number of rotatable bonds is 0. The second-order valence-electron chi connectivity index (χ2n) is 0.842. The zero-order chi connectivity index (χ0) is 6.08. The van der Waals surface area contributed by atoms with Gasteiger partial charge in [-0.25, -0.2) is 8.78 Å². The van der Waals surface area contributed by atoms with Gasteiger partial charge in [-0.05, 0) is 0 Å². The van der Waals surface area contributed by atoms with Gasteiger partial charge in [0.25, 0.3) is 0 Å². The average Bonchev–Trinajstić information content (AvgIpc) is 1.31. The molecule has 0 saturated carbocycles. The van der Waals surface area contributed by atoms with E-state index in [0.29, 0.717) is 0 Å². The number of hydrogen-bond acceptors (Lipinski definition) is 0. The third-order valence-corrected chi connectivity index (χ3v) is 0.247. The molecule has 0 aliphatic heterocycles. The summed E-state index contributed by atoms with van der Waals surface area (Å²) in [6, 6.07) is 0. The molecule has 0 saturated heterocycles.